The van der Waals surface area contributed by atoms with E-state index in [1.54, 1.807) is 6.07 Å². The van der Waals surface area contributed by atoms with E-state index in [2.05, 4.69) is 0 Å². The summed E-state index contributed by atoms with van der Waals surface area (Å²) in [6.07, 6.45) is 5.95. The zero-order valence-corrected chi connectivity index (χ0v) is 12.0. The second-order valence-corrected chi connectivity index (χ2v) is 7.96. The third-order valence-electron chi connectivity index (χ3n) is 4.69. The van der Waals surface area contributed by atoms with E-state index in [4.69, 9.17) is 5.73 Å². The molecule has 0 saturated heterocycles. The molecule has 3 nitrogen and oxygen atoms in total. The largest absolute Gasteiger partial charge is 0.330 e. The molecular weight excluding hydrogens is 258 g/mol. The smallest absolute Gasteiger partial charge is 0.181 e. The molecule has 1 fully saturated rings. The van der Waals surface area contributed by atoms with Gasteiger partial charge in [-0.3, -0.25) is 0 Å². The molecule has 0 amide bonds. The number of hydrogen-bond donors (Lipinski definition) is 1. The van der Waals surface area contributed by atoms with Crippen LogP contribution in [-0.4, -0.2) is 20.2 Å². The lowest BCUT2D eigenvalue weighted by molar-refractivity contribution is 0.523. The van der Waals surface area contributed by atoms with Crippen LogP contribution in [-0.2, 0) is 22.7 Å². The second-order valence-electron chi connectivity index (χ2n) is 5.79. The zero-order chi connectivity index (χ0) is 13.5. The summed E-state index contributed by atoms with van der Waals surface area (Å²) in [5, 5.41) is -0.267. The first kappa shape index (κ1) is 13.1. The topological polar surface area (TPSA) is 60.2 Å². The SMILES string of the molecule is NCC1CCCC1S(=O)(=O)c1ccc2c(c1)CCC2. The molecule has 0 spiro atoms. The molecular formula is C15H21NO2S. The van der Waals surface area contributed by atoms with Crippen molar-refractivity contribution in [1.29, 1.82) is 0 Å². The highest BCUT2D eigenvalue weighted by Crippen LogP contribution is 2.35. The van der Waals surface area contributed by atoms with E-state index in [0.717, 1.165) is 38.5 Å². The highest BCUT2D eigenvalue weighted by Gasteiger charge is 2.37. The van der Waals surface area contributed by atoms with Crippen molar-refractivity contribution < 1.29 is 8.42 Å². The van der Waals surface area contributed by atoms with E-state index in [1.165, 1.54) is 11.1 Å². The second kappa shape index (κ2) is 4.91. The van der Waals surface area contributed by atoms with Crippen LogP contribution in [0.25, 0.3) is 0 Å². The standard InChI is InChI=1S/C15H21NO2S/c16-10-13-5-2-6-15(13)19(17,18)14-8-7-11-3-1-4-12(11)9-14/h7-9,13,15H,1-6,10,16H2. The molecule has 104 valence electrons. The van der Waals surface area contributed by atoms with Crippen LogP contribution in [0.1, 0.15) is 36.8 Å². The zero-order valence-electron chi connectivity index (χ0n) is 11.1. The van der Waals surface area contributed by atoms with Crippen LogP contribution in [0.5, 0.6) is 0 Å². The minimum Gasteiger partial charge on any atom is -0.330 e. The van der Waals surface area contributed by atoms with Crippen molar-refractivity contribution in [2.45, 2.75) is 48.7 Å². The van der Waals surface area contributed by atoms with Gasteiger partial charge >= 0.3 is 0 Å². The number of benzene rings is 1. The summed E-state index contributed by atoms with van der Waals surface area (Å²) < 4.78 is 25.5. The average molecular weight is 279 g/mol. The van der Waals surface area contributed by atoms with Crippen molar-refractivity contribution in [2.24, 2.45) is 11.7 Å². The summed E-state index contributed by atoms with van der Waals surface area (Å²) in [7, 11) is -3.20. The van der Waals surface area contributed by atoms with Crippen molar-refractivity contribution >= 4 is 9.84 Å². The minimum atomic E-state index is -3.20. The third kappa shape index (κ3) is 2.21. The van der Waals surface area contributed by atoms with Gasteiger partial charge in [0, 0.05) is 0 Å². The summed E-state index contributed by atoms with van der Waals surface area (Å²) >= 11 is 0. The number of aryl methyl sites for hydroxylation is 2. The van der Waals surface area contributed by atoms with Crippen LogP contribution in [0.3, 0.4) is 0 Å². The monoisotopic (exact) mass is 279 g/mol. The molecule has 0 bridgehead atoms. The van der Waals surface area contributed by atoms with Gasteiger partial charge in [0.15, 0.2) is 9.84 Å². The van der Waals surface area contributed by atoms with Crippen LogP contribution in [0.15, 0.2) is 23.1 Å². The Morgan fingerprint density at radius 1 is 1.11 bits per heavy atom. The van der Waals surface area contributed by atoms with Gasteiger partial charge in [0.2, 0.25) is 0 Å². The number of sulfone groups is 1. The molecule has 2 unspecified atom stereocenters. The summed E-state index contributed by atoms with van der Waals surface area (Å²) in [5.74, 6) is 0.137. The Bertz CT molecular complexity index is 580. The molecule has 0 radical (unpaired) electrons. The first-order chi connectivity index (χ1) is 9.13. The molecule has 2 N–H and O–H groups in total. The summed E-state index contributed by atoms with van der Waals surface area (Å²) in [5.41, 5.74) is 8.27. The third-order valence-corrected chi connectivity index (χ3v) is 7.02. The highest BCUT2D eigenvalue weighted by atomic mass is 32.2. The highest BCUT2D eigenvalue weighted by molar-refractivity contribution is 7.92. The van der Waals surface area contributed by atoms with E-state index in [9.17, 15) is 8.42 Å². The summed E-state index contributed by atoms with van der Waals surface area (Å²) in [6, 6.07) is 5.70. The lowest BCUT2D eigenvalue weighted by Crippen LogP contribution is -2.30. The quantitative estimate of drug-likeness (QED) is 0.921. The van der Waals surface area contributed by atoms with Gasteiger partial charge in [-0.2, -0.15) is 0 Å². The number of hydrogen-bond acceptors (Lipinski definition) is 3. The predicted molar refractivity (Wildman–Crippen MR) is 75.8 cm³/mol. The maximum Gasteiger partial charge on any atom is 0.181 e. The summed E-state index contributed by atoms with van der Waals surface area (Å²) in [4.78, 5) is 0.513. The fourth-order valence-corrected chi connectivity index (χ4v) is 5.73. The molecule has 19 heavy (non-hydrogen) atoms. The van der Waals surface area contributed by atoms with Crippen molar-refractivity contribution in [3.8, 4) is 0 Å². The molecule has 0 aromatic heterocycles. The van der Waals surface area contributed by atoms with Crippen molar-refractivity contribution in [2.75, 3.05) is 6.54 Å². The Labute approximate surface area is 115 Å². The van der Waals surface area contributed by atoms with Crippen LogP contribution in [0.2, 0.25) is 0 Å². The molecule has 1 saturated carbocycles. The Balaban J connectivity index is 1.96. The van der Waals surface area contributed by atoms with Gasteiger partial charge < -0.3 is 5.73 Å². The summed E-state index contributed by atoms with van der Waals surface area (Å²) in [6.45, 7) is 0.481. The molecule has 4 heteroatoms. The molecule has 0 heterocycles. The Morgan fingerprint density at radius 3 is 2.68 bits per heavy atom. The van der Waals surface area contributed by atoms with Gasteiger partial charge in [-0.15, -0.1) is 0 Å². The molecule has 2 aliphatic carbocycles. The maximum atomic E-state index is 12.7. The Hall–Kier alpha value is -0.870. The number of fused-ring (bicyclic) bond motifs is 1. The fourth-order valence-electron chi connectivity index (χ4n) is 3.58. The Morgan fingerprint density at radius 2 is 1.89 bits per heavy atom. The molecule has 3 rings (SSSR count). The van der Waals surface area contributed by atoms with Crippen molar-refractivity contribution in [1.82, 2.24) is 0 Å². The van der Waals surface area contributed by atoms with Gasteiger partial charge in [0.25, 0.3) is 0 Å². The first-order valence-electron chi connectivity index (χ1n) is 7.18. The van der Waals surface area contributed by atoms with Gasteiger partial charge in [-0.25, -0.2) is 8.42 Å². The van der Waals surface area contributed by atoms with Gasteiger partial charge in [-0.05, 0) is 67.8 Å². The molecule has 0 aliphatic heterocycles. The maximum absolute atomic E-state index is 12.7. The fraction of sp³-hybridized carbons (Fsp3) is 0.600. The number of nitrogens with two attached hydrogens (primary N) is 1. The van der Waals surface area contributed by atoms with E-state index in [1.807, 2.05) is 12.1 Å². The normalized spacial score (nSPS) is 26.6. The first-order valence-corrected chi connectivity index (χ1v) is 8.73. The van der Waals surface area contributed by atoms with E-state index < -0.39 is 9.84 Å². The van der Waals surface area contributed by atoms with E-state index in [0.29, 0.717) is 11.4 Å². The lowest BCUT2D eigenvalue weighted by atomic mass is 10.1. The number of rotatable bonds is 3. The average Bonchev–Trinajstić information content (AvgIpc) is 3.06. The molecule has 1 aromatic rings. The van der Waals surface area contributed by atoms with Crippen LogP contribution in [0, 0.1) is 5.92 Å². The van der Waals surface area contributed by atoms with Gasteiger partial charge in [-0.1, -0.05) is 12.5 Å². The molecule has 2 atom stereocenters. The van der Waals surface area contributed by atoms with Crippen molar-refractivity contribution in [3.05, 3.63) is 29.3 Å². The van der Waals surface area contributed by atoms with Crippen LogP contribution < -0.4 is 5.73 Å². The predicted octanol–water partition coefficient (Wildman–Crippen LogP) is 2.08. The van der Waals surface area contributed by atoms with Crippen molar-refractivity contribution in [3.63, 3.8) is 0 Å². The van der Waals surface area contributed by atoms with Crippen LogP contribution >= 0.6 is 0 Å². The Kier molecular flexibility index (Phi) is 3.39. The molecule has 2 aliphatic rings. The lowest BCUT2D eigenvalue weighted by Gasteiger charge is -2.19. The van der Waals surface area contributed by atoms with E-state index in [-0.39, 0.29) is 11.2 Å². The van der Waals surface area contributed by atoms with Gasteiger partial charge in [0.1, 0.15) is 0 Å². The molecule has 1 aromatic carbocycles. The van der Waals surface area contributed by atoms with Gasteiger partial charge in [0.05, 0.1) is 10.1 Å². The van der Waals surface area contributed by atoms with E-state index >= 15 is 0 Å². The minimum absolute atomic E-state index is 0.137. The van der Waals surface area contributed by atoms with Crippen LogP contribution in [0.4, 0.5) is 0 Å².